The summed E-state index contributed by atoms with van der Waals surface area (Å²) in [5.41, 5.74) is -0.864. The Bertz CT molecular complexity index is 985. The van der Waals surface area contributed by atoms with E-state index in [0.717, 1.165) is 44.1 Å². The largest absolute Gasteiger partial charge is 0.458 e. The fourth-order valence-electron chi connectivity index (χ4n) is 9.79. The van der Waals surface area contributed by atoms with Crippen LogP contribution < -0.4 is 0 Å². The molecule has 5 fully saturated rings. The van der Waals surface area contributed by atoms with Crippen LogP contribution in [0.2, 0.25) is 0 Å². The summed E-state index contributed by atoms with van der Waals surface area (Å²) in [4.78, 5) is 11.8. The number of carbonyl (C=O) groups is 1. The van der Waals surface area contributed by atoms with Crippen LogP contribution in [-0.4, -0.2) is 86.6 Å². The zero-order valence-electron chi connectivity index (χ0n) is 22.7. The highest BCUT2D eigenvalue weighted by molar-refractivity contribution is 5.85. The standard InChI is InChI=1S/C29H44O9/c1-14-23(32)24(33)25(34)26(37-14)38-17-6-8-27(2)16(11-17)4-5-19-20(27)12-21(30)28(3)18(7-9-29(19,28)35)15-10-22(31)36-13-15/h10,14,16-21,23-26,30,32-35H,4-9,11-13H2,1-3H3/t14-,16-,17+,18-,19-,20+,21-,23-,24+,25+,26-,27+,28+,29+/m1/s1. The SMILES string of the molecule is C[C@H]1O[C@H](O[C@H]2CC[C@@]3(C)[C@H](CC[C@@H]4[C@@H]3C[C@@H](O)[C@]3(C)[C@@H](C5=CC(=O)OC5)CC[C@]43O)C2)[C@@H](O)[C@@H](O)[C@@H]1O. The monoisotopic (exact) mass is 536 g/mol. The second-order valence-corrected chi connectivity index (χ2v) is 13.6. The van der Waals surface area contributed by atoms with Crippen LogP contribution >= 0.6 is 0 Å². The van der Waals surface area contributed by atoms with Crippen molar-refractivity contribution in [1.29, 1.82) is 0 Å². The van der Waals surface area contributed by atoms with Gasteiger partial charge in [-0.25, -0.2) is 4.79 Å². The molecule has 14 atom stereocenters. The van der Waals surface area contributed by atoms with Gasteiger partial charge in [0.05, 0.1) is 23.9 Å². The normalized spacial score (nSPS) is 56.5. The molecular formula is C29H44O9. The number of cyclic esters (lactones) is 1. The number of aliphatic hydroxyl groups is 5. The first-order valence-corrected chi connectivity index (χ1v) is 14.5. The Hall–Kier alpha value is -1.07. The van der Waals surface area contributed by atoms with Crippen molar-refractivity contribution < 1.29 is 44.5 Å². The van der Waals surface area contributed by atoms with Gasteiger partial charge < -0.3 is 39.7 Å². The predicted molar refractivity (Wildman–Crippen MR) is 134 cm³/mol. The van der Waals surface area contributed by atoms with Crippen LogP contribution in [0.25, 0.3) is 0 Å². The lowest BCUT2D eigenvalue weighted by Crippen LogP contribution is -2.67. The summed E-state index contributed by atoms with van der Waals surface area (Å²) in [5, 5.41) is 54.7. The van der Waals surface area contributed by atoms with Crippen molar-refractivity contribution in [2.75, 3.05) is 6.61 Å². The Balaban J connectivity index is 1.19. The minimum absolute atomic E-state index is 0.0559. The highest BCUT2D eigenvalue weighted by Crippen LogP contribution is 2.70. The molecule has 0 spiro atoms. The summed E-state index contributed by atoms with van der Waals surface area (Å²) in [7, 11) is 0. The van der Waals surface area contributed by atoms with E-state index in [2.05, 4.69) is 6.92 Å². The topological polar surface area (TPSA) is 146 Å². The van der Waals surface area contributed by atoms with Crippen molar-refractivity contribution in [1.82, 2.24) is 0 Å². The number of esters is 1. The Morgan fingerprint density at radius 3 is 2.42 bits per heavy atom. The molecule has 214 valence electrons. The molecule has 0 radical (unpaired) electrons. The Labute approximate surface area is 224 Å². The molecule has 0 aromatic rings. The Morgan fingerprint density at radius 2 is 1.71 bits per heavy atom. The molecule has 1 saturated heterocycles. The third-order valence-electron chi connectivity index (χ3n) is 12.2. The number of hydrogen-bond acceptors (Lipinski definition) is 9. The van der Waals surface area contributed by atoms with Gasteiger partial charge in [0.25, 0.3) is 0 Å². The molecule has 9 heteroatoms. The molecule has 6 aliphatic rings. The lowest BCUT2D eigenvalue weighted by Gasteiger charge is -2.65. The van der Waals surface area contributed by atoms with Gasteiger partial charge in [0.15, 0.2) is 6.29 Å². The average molecular weight is 537 g/mol. The van der Waals surface area contributed by atoms with Gasteiger partial charge in [0.1, 0.15) is 24.9 Å². The minimum Gasteiger partial charge on any atom is -0.458 e. The van der Waals surface area contributed by atoms with Gasteiger partial charge in [0.2, 0.25) is 0 Å². The van der Waals surface area contributed by atoms with Crippen molar-refractivity contribution in [2.45, 2.75) is 121 Å². The Morgan fingerprint density at radius 1 is 0.947 bits per heavy atom. The molecule has 5 N–H and O–H groups in total. The predicted octanol–water partition coefficient (Wildman–Crippen LogP) is 1.43. The molecule has 0 aromatic carbocycles. The van der Waals surface area contributed by atoms with Crippen molar-refractivity contribution in [3.63, 3.8) is 0 Å². The van der Waals surface area contributed by atoms with Crippen LogP contribution in [0.1, 0.15) is 72.1 Å². The zero-order chi connectivity index (χ0) is 27.2. The number of fused-ring (bicyclic) bond motifs is 5. The second-order valence-electron chi connectivity index (χ2n) is 13.6. The van der Waals surface area contributed by atoms with E-state index in [4.69, 9.17) is 14.2 Å². The molecule has 6 rings (SSSR count). The zero-order valence-corrected chi connectivity index (χ0v) is 22.7. The van der Waals surface area contributed by atoms with Crippen molar-refractivity contribution in [2.24, 2.45) is 34.5 Å². The van der Waals surface area contributed by atoms with Gasteiger partial charge in [-0.3, -0.25) is 0 Å². The lowest BCUT2D eigenvalue weighted by atomic mass is 9.42. The first kappa shape index (κ1) is 27.1. The fourth-order valence-corrected chi connectivity index (χ4v) is 9.79. The van der Waals surface area contributed by atoms with Gasteiger partial charge in [-0.15, -0.1) is 0 Å². The maximum Gasteiger partial charge on any atom is 0.331 e. The van der Waals surface area contributed by atoms with Crippen LogP contribution in [0.4, 0.5) is 0 Å². The molecule has 4 aliphatic carbocycles. The van der Waals surface area contributed by atoms with E-state index in [-0.39, 0.29) is 41.8 Å². The van der Waals surface area contributed by atoms with Crippen LogP contribution in [0.3, 0.4) is 0 Å². The van der Waals surface area contributed by atoms with E-state index in [9.17, 15) is 30.3 Å². The van der Waals surface area contributed by atoms with E-state index in [0.29, 0.717) is 18.8 Å². The van der Waals surface area contributed by atoms with E-state index < -0.39 is 47.8 Å². The number of aliphatic hydroxyl groups excluding tert-OH is 4. The smallest absolute Gasteiger partial charge is 0.331 e. The summed E-state index contributed by atoms with van der Waals surface area (Å²) in [6, 6.07) is 0. The summed E-state index contributed by atoms with van der Waals surface area (Å²) in [6.07, 6.45) is 1.60. The molecule has 0 unspecified atom stereocenters. The molecular weight excluding hydrogens is 492 g/mol. The molecule has 4 saturated carbocycles. The maximum atomic E-state index is 12.4. The number of carbonyl (C=O) groups excluding carboxylic acids is 1. The number of ether oxygens (including phenoxy) is 3. The molecule has 2 heterocycles. The van der Waals surface area contributed by atoms with Gasteiger partial charge >= 0.3 is 5.97 Å². The Kier molecular flexibility index (Phi) is 6.58. The highest BCUT2D eigenvalue weighted by atomic mass is 16.7. The van der Waals surface area contributed by atoms with Crippen LogP contribution in [0.15, 0.2) is 11.6 Å². The second kappa shape index (κ2) is 9.23. The van der Waals surface area contributed by atoms with Gasteiger partial charge in [-0.05, 0) is 93.0 Å². The van der Waals surface area contributed by atoms with Gasteiger partial charge in [0, 0.05) is 11.5 Å². The third kappa shape index (κ3) is 3.72. The molecule has 9 nitrogen and oxygen atoms in total. The number of rotatable bonds is 3. The van der Waals surface area contributed by atoms with Gasteiger partial charge in [-0.2, -0.15) is 0 Å². The average Bonchev–Trinajstić information content (AvgIpc) is 3.43. The molecule has 38 heavy (non-hydrogen) atoms. The summed E-state index contributed by atoms with van der Waals surface area (Å²) in [6.45, 7) is 6.25. The third-order valence-corrected chi connectivity index (χ3v) is 12.2. The summed E-state index contributed by atoms with van der Waals surface area (Å²) >= 11 is 0. The van der Waals surface area contributed by atoms with E-state index >= 15 is 0 Å². The van der Waals surface area contributed by atoms with E-state index in [1.54, 1.807) is 13.0 Å². The molecule has 0 aromatic heterocycles. The van der Waals surface area contributed by atoms with Gasteiger partial charge in [-0.1, -0.05) is 13.8 Å². The van der Waals surface area contributed by atoms with Crippen LogP contribution in [0.5, 0.6) is 0 Å². The van der Waals surface area contributed by atoms with E-state index in [1.165, 1.54) is 0 Å². The van der Waals surface area contributed by atoms with E-state index in [1.807, 2.05) is 6.92 Å². The molecule has 0 amide bonds. The summed E-state index contributed by atoms with van der Waals surface area (Å²) < 4.78 is 17.1. The molecule has 0 bridgehead atoms. The first-order chi connectivity index (χ1) is 17.9. The van der Waals surface area contributed by atoms with Crippen LogP contribution in [-0.2, 0) is 19.0 Å². The van der Waals surface area contributed by atoms with Crippen molar-refractivity contribution >= 4 is 5.97 Å². The fraction of sp³-hybridized carbons (Fsp3) is 0.897. The van der Waals surface area contributed by atoms with Crippen molar-refractivity contribution in [3.05, 3.63) is 11.6 Å². The number of hydrogen-bond donors (Lipinski definition) is 5. The highest BCUT2D eigenvalue weighted by Gasteiger charge is 2.70. The maximum absolute atomic E-state index is 12.4. The first-order valence-electron chi connectivity index (χ1n) is 14.5. The minimum atomic E-state index is -1.31. The van der Waals surface area contributed by atoms with Crippen molar-refractivity contribution in [3.8, 4) is 0 Å². The molecule has 2 aliphatic heterocycles. The quantitative estimate of drug-likeness (QED) is 0.267. The van der Waals surface area contributed by atoms with Crippen LogP contribution in [0, 0.1) is 34.5 Å². The lowest BCUT2D eigenvalue weighted by molar-refractivity contribution is -0.311. The summed E-state index contributed by atoms with van der Waals surface area (Å²) in [5.74, 6) is 0.206.